The first kappa shape index (κ1) is 12.7. The Bertz CT molecular complexity index is 502. The Labute approximate surface area is 107 Å². The molecular weight excluding hydrogens is 262 g/mol. The highest BCUT2D eigenvalue weighted by molar-refractivity contribution is 5.48. The first-order chi connectivity index (χ1) is 8.88. The van der Waals surface area contributed by atoms with Gasteiger partial charge in [-0.3, -0.25) is 0 Å². The van der Waals surface area contributed by atoms with Crippen LogP contribution in [0.25, 0.3) is 0 Å². The minimum Gasteiger partial charge on any atom is -0.347 e. The molecule has 1 aromatic rings. The molecule has 7 heteroatoms. The number of anilines is 1. The number of nitrogens with two attached hydrogens (primary N) is 1. The zero-order chi connectivity index (χ0) is 13.8. The summed E-state index contributed by atoms with van der Waals surface area (Å²) in [6, 6.07) is 0.538. The van der Waals surface area contributed by atoms with E-state index in [-0.39, 0.29) is 23.9 Å². The molecule has 2 aliphatic rings. The van der Waals surface area contributed by atoms with Gasteiger partial charge in [-0.05, 0) is 25.3 Å². The fourth-order valence-electron chi connectivity index (χ4n) is 3.14. The lowest BCUT2D eigenvalue weighted by Crippen LogP contribution is -2.37. The van der Waals surface area contributed by atoms with Crippen molar-refractivity contribution in [3.8, 4) is 0 Å². The first-order valence-corrected chi connectivity index (χ1v) is 6.14. The molecule has 19 heavy (non-hydrogen) atoms. The smallest absolute Gasteiger partial charge is 0.347 e. The van der Waals surface area contributed by atoms with Gasteiger partial charge in [0.05, 0.1) is 5.56 Å². The molecule has 0 unspecified atom stereocenters. The predicted octanol–water partition coefficient (Wildman–Crippen LogP) is 2.31. The average molecular weight is 275 g/mol. The Kier molecular flexibility index (Phi) is 2.70. The number of hydrogen-bond donors (Lipinski definition) is 1. The molecule has 1 aromatic heterocycles. The van der Waals surface area contributed by atoms with Crippen LogP contribution in [0.2, 0.25) is 0 Å². The van der Waals surface area contributed by atoms with Crippen molar-refractivity contribution in [1.82, 2.24) is 4.98 Å². The maximum atomic E-state index is 13.9. The third kappa shape index (κ3) is 1.96. The molecule has 3 atom stereocenters. The molecule has 2 fully saturated rings. The van der Waals surface area contributed by atoms with E-state index in [0.717, 1.165) is 19.3 Å². The average Bonchev–Trinajstić information content (AvgIpc) is 2.84. The Morgan fingerprint density at radius 1 is 1.32 bits per heavy atom. The van der Waals surface area contributed by atoms with Gasteiger partial charge < -0.3 is 10.6 Å². The van der Waals surface area contributed by atoms with Crippen LogP contribution in [-0.2, 0) is 6.18 Å². The number of rotatable bonds is 1. The molecule has 0 aliphatic carbocycles. The highest BCUT2D eigenvalue weighted by atomic mass is 19.4. The van der Waals surface area contributed by atoms with Crippen molar-refractivity contribution >= 4 is 5.82 Å². The minimum atomic E-state index is -4.58. The molecule has 0 aromatic carbocycles. The fourth-order valence-corrected chi connectivity index (χ4v) is 3.14. The van der Waals surface area contributed by atoms with Gasteiger partial charge in [0, 0.05) is 24.3 Å². The second kappa shape index (κ2) is 4.06. The van der Waals surface area contributed by atoms with Gasteiger partial charge in [-0.25, -0.2) is 9.37 Å². The third-order valence-corrected chi connectivity index (χ3v) is 3.98. The third-order valence-electron chi connectivity index (χ3n) is 3.98. The summed E-state index contributed by atoms with van der Waals surface area (Å²) >= 11 is 0. The summed E-state index contributed by atoms with van der Waals surface area (Å²) in [6.07, 6.45) is -1.42. The van der Waals surface area contributed by atoms with E-state index in [1.165, 1.54) is 0 Å². The van der Waals surface area contributed by atoms with Crippen molar-refractivity contribution in [2.24, 2.45) is 5.73 Å². The van der Waals surface area contributed by atoms with E-state index >= 15 is 0 Å². The molecule has 2 saturated heterocycles. The standard InChI is InChI=1S/C12H13F4N3/c13-8-3-6(12(14,15)16)5-18-11(8)19-7-1-2-10(19)9(17)4-7/h3,5,7,9-10H,1-2,4,17H2/t7-,9-,10+/m1/s1. The van der Waals surface area contributed by atoms with Crippen molar-refractivity contribution in [3.05, 3.63) is 23.6 Å². The Morgan fingerprint density at radius 2 is 2.05 bits per heavy atom. The van der Waals surface area contributed by atoms with Crippen molar-refractivity contribution in [1.29, 1.82) is 0 Å². The monoisotopic (exact) mass is 275 g/mol. The molecular formula is C12H13F4N3. The number of hydrogen-bond acceptors (Lipinski definition) is 3. The number of fused-ring (bicyclic) bond motifs is 2. The van der Waals surface area contributed by atoms with Crippen LogP contribution < -0.4 is 10.6 Å². The molecule has 104 valence electrons. The van der Waals surface area contributed by atoms with E-state index < -0.39 is 17.6 Å². The molecule has 3 rings (SSSR count). The molecule has 2 N–H and O–H groups in total. The maximum absolute atomic E-state index is 13.9. The molecule has 0 spiro atoms. The van der Waals surface area contributed by atoms with E-state index in [2.05, 4.69) is 4.98 Å². The minimum absolute atomic E-state index is 0.00606. The van der Waals surface area contributed by atoms with Gasteiger partial charge in [0.15, 0.2) is 11.6 Å². The topological polar surface area (TPSA) is 42.1 Å². The second-order valence-electron chi connectivity index (χ2n) is 5.13. The van der Waals surface area contributed by atoms with Gasteiger partial charge in [0.25, 0.3) is 0 Å². The maximum Gasteiger partial charge on any atom is 0.417 e. The van der Waals surface area contributed by atoms with Crippen molar-refractivity contribution in [2.45, 2.75) is 43.6 Å². The highest BCUT2D eigenvalue weighted by Crippen LogP contribution is 2.41. The number of nitrogens with zero attached hydrogens (tertiary/aromatic N) is 2. The molecule has 0 saturated carbocycles. The van der Waals surface area contributed by atoms with E-state index in [1.807, 2.05) is 0 Å². The summed E-state index contributed by atoms with van der Waals surface area (Å²) < 4.78 is 51.3. The Hall–Kier alpha value is -1.37. The van der Waals surface area contributed by atoms with Crippen LogP contribution in [0.4, 0.5) is 23.4 Å². The molecule has 2 bridgehead atoms. The second-order valence-corrected chi connectivity index (χ2v) is 5.13. The summed E-state index contributed by atoms with van der Waals surface area (Å²) in [5, 5.41) is 0. The summed E-state index contributed by atoms with van der Waals surface area (Å²) in [5.41, 5.74) is 4.86. The summed E-state index contributed by atoms with van der Waals surface area (Å²) in [5.74, 6) is -0.936. The largest absolute Gasteiger partial charge is 0.417 e. The quantitative estimate of drug-likeness (QED) is 0.800. The van der Waals surface area contributed by atoms with Gasteiger partial charge >= 0.3 is 6.18 Å². The number of pyridine rings is 1. The van der Waals surface area contributed by atoms with E-state index in [4.69, 9.17) is 5.73 Å². The van der Waals surface area contributed by atoms with Gasteiger partial charge in [-0.15, -0.1) is 0 Å². The van der Waals surface area contributed by atoms with E-state index in [0.29, 0.717) is 12.3 Å². The SMILES string of the molecule is N[C@@H]1C[C@H]2CC[C@@H]1N2c1ncc(C(F)(F)F)cc1F. The zero-order valence-electron chi connectivity index (χ0n) is 9.99. The van der Waals surface area contributed by atoms with Crippen LogP contribution >= 0.6 is 0 Å². The summed E-state index contributed by atoms with van der Waals surface area (Å²) in [7, 11) is 0. The first-order valence-electron chi connectivity index (χ1n) is 6.14. The molecule has 2 aliphatic heterocycles. The normalized spacial score (nSPS) is 30.2. The van der Waals surface area contributed by atoms with Gasteiger partial charge in [-0.1, -0.05) is 0 Å². The van der Waals surface area contributed by atoms with Crippen LogP contribution in [0, 0.1) is 5.82 Å². The lowest BCUT2D eigenvalue weighted by molar-refractivity contribution is -0.138. The predicted molar refractivity (Wildman–Crippen MR) is 61.1 cm³/mol. The van der Waals surface area contributed by atoms with Crippen molar-refractivity contribution in [2.75, 3.05) is 4.90 Å². The lowest BCUT2D eigenvalue weighted by Gasteiger charge is -2.24. The molecule has 0 amide bonds. The van der Waals surface area contributed by atoms with Crippen molar-refractivity contribution < 1.29 is 17.6 Å². The molecule has 3 nitrogen and oxygen atoms in total. The summed E-state index contributed by atoms with van der Waals surface area (Å²) in [4.78, 5) is 5.43. The van der Waals surface area contributed by atoms with Gasteiger partial charge in [0.1, 0.15) is 0 Å². The Balaban J connectivity index is 1.95. The Morgan fingerprint density at radius 3 is 2.53 bits per heavy atom. The fraction of sp³-hybridized carbons (Fsp3) is 0.583. The number of aromatic nitrogens is 1. The van der Waals surface area contributed by atoms with E-state index in [9.17, 15) is 17.6 Å². The molecule has 3 heterocycles. The highest BCUT2D eigenvalue weighted by Gasteiger charge is 2.46. The lowest BCUT2D eigenvalue weighted by atomic mass is 9.97. The van der Waals surface area contributed by atoms with Crippen LogP contribution in [0.1, 0.15) is 24.8 Å². The van der Waals surface area contributed by atoms with Crippen LogP contribution in [0.15, 0.2) is 12.3 Å². The number of alkyl halides is 3. The van der Waals surface area contributed by atoms with Crippen LogP contribution in [0.3, 0.4) is 0 Å². The number of halogens is 4. The van der Waals surface area contributed by atoms with Crippen LogP contribution in [0.5, 0.6) is 0 Å². The van der Waals surface area contributed by atoms with Gasteiger partial charge in [0.2, 0.25) is 0 Å². The van der Waals surface area contributed by atoms with E-state index in [1.54, 1.807) is 4.90 Å². The van der Waals surface area contributed by atoms with Crippen LogP contribution in [-0.4, -0.2) is 23.1 Å². The summed E-state index contributed by atoms with van der Waals surface area (Å²) in [6.45, 7) is 0. The van der Waals surface area contributed by atoms with Gasteiger partial charge in [-0.2, -0.15) is 13.2 Å². The van der Waals surface area contributed by atoms with Crippen molar-refractivity contribution in [3.63, 3.8) is 0 Å². The molecule has 0 radical (unpaired) electrons. The zero-order valence-corrected chi connectivity index (χ0v) is 9.99.